The van der Waals surface area contributed by atoms with E-state index in [1.807, 2.05) is 6.92 Å². The molecule has 148 valence electrons. The number of thioether (sulfide) groups is 1. The molecule has 0 atom stereocenters. The van der Waals surface area contributed by atoms with E-state index in [4.69, 9.17) is 0 Å². The van der Waals surface area contributed by atoms with Crippen LogP contribution in [-0.4, -0.2) is 20.6 Å². The molecule has 0 radical (unpaired) electrons. The first-order chi connectivity index (χ1) is 13.4. The Balaban J connectivity index is 1.95. The van der Waals surface area contributed by atoms with Crippen molar-refractivity contribution in [2.75, 3.05) is 5.32 Å². The number of rotatable bonds is 6. The minimum absolute atomic E-state index is 0.129. The Labute approximate surface area is 174 Å². The van der Waals surface area contributed by atoms with Gasteiger partial charge in [-0.3, -0.25) is 19.7 Å². The predicted molar refractivity (Wildman–Crippen MR) is 113 cm³/mol. The van der Waals surface area contributed by atoms with E-state index in [-0.39, 0.29) is 22.4 Å². The van der Waals surface area contributed by atoms with Gasteiger partial charge in [-0.1, -0.05) is 12.8 Å². The number of pyridine rings is 1. The maximum atomic E-state index is 12.9. The summed E-state index contributed by atoms with van der Waals surface area (Å²) in [6.45, 7) is 2.54. The molecule has 1 aromatic heterocycles. The van der Waals surface area contributed by atoms with E-state index in [1.54, 1.807) is 34.8 Å². The van der Waals surface area contributed by atoms with E-state index < -0.39 is 10.8 Å². The average molecular weight is 466 g/mol. The van der Waals surface area contributed by atoms with Gasteiger partial charge in [0.1, 0.15) is 5.69 Å². The topological polar surface area (TPSA) is 94.2 Å². The van der Waals surface area contributed by atoms with Crippen molar-refractivity contribution in [1.82, 2.24) is 4.57 Å². The van der Waals surface area contributed by atoms with Gasteiger partial charge < -0.3 is 9.88 Å². The van der Waals surface area contributed by atoms with Gasteiger partial charge in [0.25, 0.3) is 11.6 Å². The second-order valence-electron chi connectivity index (χ2n) is 6.60. The lowest BCUT2D eigenvalue weighted by Gasteiger charge is -2.14. The van der Waals surface area contributed by atoms with E-state index in [9.17, 15) is 19.7 Å². The van der Waals surface area contributed by atoms with Gasteiger partial charge in [0.15, 0.2) is 0 Å². The summed E-state index contributed by atoms with van der Waals surface area (Å²) >= 11 is 4.79. The number of benzene rings is 1. The van der Waals surface area contributed by atoms with Gasteiger partial charge in [-0.2, -0.15) is 0 Å². The van der Waals surface area contributed by atoms with Gasteiger partial charge in [-0.05, 0) is 41.8 Å². The molecule has 0 aliphatic heterocycles. The highest BCUT2D eigenvalue weighted by atomic mass is 79.9. The van der Waals surface area contributed by atoms with Crippen molar-refractivity contribution in [2.45, 2.75) is 49.3 Å². The van der Waals surface area contributed by atoms with Crippen LogP contribution in [0.2, 0.25) is 0 Å². The van der Waals surface area contributed by atoms with Crippen molar-refractivity contribution in [3.05, 3.63) is 61.0 Å². The van der Waals surface area contributed by atoms with Crippen molar-refractivity contribution < 1.29 is 9.72 Å². The number of carbonyl (C=O) groups excluding carboxylic acids is 1. The summed E-state index contributed by atoms with van der Waals surface area (Å²) in [5.74, 6) is -0.526. The highest BCUT2D eigenvalue weighted by molar-refractivity contribution is 9.10. The van der Waals surface area contributed by atoms with Crippen LogP contribution in [0.5, 0.6) is 0 Å². The summed E-state index contributed by atoms with van der Waals surface area (Å²) in [5, 5.41) is 14.2. The maximum absolute atomic E-state index is 12.9. The van der Waals surface area contributed by atoms with Crippen LogP contribution >= 0.6 is 27.7 Å². The number of amides is 1. The molecular weight excluding hydrogens is 446 g/mol. The molecule has 1 amide bonds. The zero-order valence-corrected chi connectivity index (χ0v) is 17.7. The highest BCUT2D eigenvalue weighted by Crippen LogP contribution is 2.37. The summed E-state index contributed by atoms with van der Waals surface area (Å²) in [6, 6.07) is 4.32. The smallest absolute Gasteiger partial charge is 0.270 e. The molecule has 1 saturated carbocycles. The lowest BCUT2D eigenvalue weighted by Crippen LogP contribution is -2.21. The Bertz CT molecular complexity index is 970. The molecule has 7 nitrogen and oxygen atoms in total. The number of nitrogens with zero attached hydrogens (tertiary/aromatic N) is 2. The van der Waals surface area contributed by atoms with Crippen molar-refractivity contribution in [1.29, 1.82) is 0 Å². The van der Waals surface area contributed by atoms with E-state index in [1.165, 1.54) is 12.1 Å². The van der Waals surface area contributed by atoms with Crippen LogP contribution in [0.4, 0.5) is 11.4 Å². The average Bonchev–Trinajstić information content (AvgIpc) is 3.18. The number of nitro groups is 1. The van der Waals surface area contributed by atoms with Crippen LogP contribution < -0.4 is 10.7 Å². The summed E-state index contributed by atoms with van der Waals surface area (Å²) in [7, 11) is 0. The minimum Gasteiger partial charge on any atom is -0.351 e. The van der Waals surface area contributed by atoms with Gasteiger partial charge in [-0.15, -0.1) is 11.8 Å². The van der Waals surface area contributed by atoms with Gasteiger partial charge in [0.05, 0.1) is 15.0 Å². The summed E-state index contributed by atoms with van der Waals surface area (Å²) in [5.41, 5.74) is -0.146. The summed E-state index contributed by atoms with van der Waals surface area (Å²) in [6.07, 6.45) is 7.64. The fraction of sp³-hybridized carbons (Fsp3) is 0.368. The maximum Gasteiger partial charge on any atom is 0.270 e. The van der Waals surface area contributed by atoms with Crippen LogP contribution in [-0.2, 0) is 6.54 Å². The van der Waals surface area contributed by atoms with Crippen molar-refractivity contribution in [3.8, 4) is 0 Å². The molecule has 0 saturated heterocycles. The minimum atomic E-state index is -0.526. The molecule has 1 heterocycles. The number of nitrogens with one attached hydrogen (secondary N) is 1. The predicted octanol–water partition coefficient (Wildman–Crippen LogP) is 4.83. The third kappa shape index (κ3) is 4.64. The number of nitro benzene ring substituents is 1. The molecule has 1 aliphatic rings. The van der Waals surface area contributed by atoms with Crippen LogP contribution in [0.25, 0.3) is 0 Å². The Morgan fingerprint density at radius 2 is 2.07 bits per heavy atom. The third-order valence-corrected chi connectivity index (χ3v) is 6.64. The third-order valence-electron chi connectivity index (χ3n) is 4.66. The molecular formula is C19H20BrN3O4S. The number of non-ortho nitro benzene ring substituents is 1. The fourth-order valence-electron chi connectivity index (χ4n) is 3.15. The number of hydrogen-bond donors (Lipinski definition) is 1. The quantitative estimate of drug-likeness (QED) is 0.486. The number of hydrogen-bond acceptors (Lipinski definition) is 5. The van der Waals surface area contributed by atoms with Gasteiger partial charge in [0, 0.05) is 41.2 Å². The molecule has 1 aromatic carbocycles. The van der Waals surface area contributed by atoms with E-state index in [0.29, 0.717) is 21.2 Å². The molecule has 3 rings (SSSR count). The Morgan fingerprint density at radius 1 is 1.36 bits per heavy atom. The van der Waals surface area contributed by atoms with Crippen molar-refractivity contribution in [2.24, 2.45) is 0 Å². The zero-order chi connectivity index (χ0) is 20.3. The molecule has 1 fully saturated rings. The van der Waals surface area contributed by atoms with Crippen molar-refractivity contribution in [3.63, 3.8) is 0 Å². The number of carbonyl (C=O) groups is 1. The lowest BCUT2D eigenvalue weighted by atomic mass is 10.2. The number of halogens is 1. The molecule has 1 N–H and O–H groups in total. The molecule has 0 unspecified atom stereocenters. The molecule has 2 aromatic rings. The molecule has 9 heteroatoms. The zero-order valence-electron chi connectivity index (χ0n) is 15.3. The van der Waals surface area contributed by atoms with Crippen molar-refractivity contribution >= 4 is 45.0 Å². The Morgan fingerprint density at radius 3 is 2.71 bits per heavy atom. The monoisotopic (exact) mass is 465 g/mol. The van der Waals surface area contributed by atoms with Crippen LogP contribution in [0, 0.1) is 10.1 Å². The second-order valence-corrected chi connectivity index (χ2v) is 8.79. The molecule has 28 heavy (non-hydrogen) atoms. The first-order valence-electron chi connectivity index (χ1n) is 9.05. The SMILES string of the molecule is CCn1cc(Br)c(=O)c(NC(=O)c2cc([N+](=O)[O-])ccc2SC2CCCC2)c1. The Hall–Kier alpha value is -2.13. The lowest BCUT2D eigenvalue weighted by molar-refractivity contribution is -0.384. The van der Waals surface area contributed by atoms with E-state index in [0.717, 1.165) is 25.7 Å². The molecule has 0 spiro atoms. The van der Waals surface area contributed by atoms with Gasteiger partial charge >= 0.3 is 0 Å². The number of aromatic nitrogens is 1. The van der Waals surface area contributed by atoms with E-state index >= 15 is 0 Å². The molecule has 1 aliphatic carbocycles. The second kappa shape index (κ2) is 8.91. The van der Waals surface area contributed by atoms with Gasteiger partial charge in [0.2, 0.25) is 5.43 Å². The summed E-state index contributed by atoms with van der Waals surface area (Å²) in [4.78, 5) is 36.6. The number of aryl methyl sites for hydroxylation is 1. The van der Waals surface area contributed by atoms with Crippen LogP contribution in [0.15, 0.2) is 44.8 Å². The van der Waals surface area contributed by atoms with E-state index in [2.05, 4.69) is 21.2 Å². The number of anilines is 1. The Kier molecular flexibility index (Phi) is 6.56. The largest absolute Gasteiger partial charge is 0.351 e. The van der Waals surface area contributed by atoms with Crippen LogP contribution in [0.1, 0.15) is 43.0 Å². The standard InChI is InChI=1S/C19H20BrN3O4S/c1-2-22-10-15(20)18(24)16(11-22)21-19(25)14-9-12(23(26)27)7-8-17(14)28-13-5-3-4-6-13/h7-11,13H,2-6H2,1H3,(H,21,25). The van der Waals surface area contributed by atoms with Crippen LogP contribution in [0.3, 0.4) is 0 Å². The fourth-order valence-corrected chi connectivity index (χ4v) is 4.98. The first-order valence-corrected chi connectivity index (χ1v) is 10.7. The summed E-state index contributed by atoms with van der Waals surface area (Å²) < 4.78 is 2.11. The highest BCUT2D eigenvalue weighted by Gasteiger charge is 2.23. The van der Waals surface area contributed by atoms with Gasteiger partial charge in [-0.25, -0.2) is 0 Å². The first kappa shape index (κ1) is 20.6. The normalized spacial score (nSPS) is 14.2. The molecule has 0 bridgehead atoms.